The molecule has 0 unspecified atom stereocenters. The van der Waals surface area contributed by atoms with Crippen molar-refractivity contribution < 1.29 is 19.4 Å². The smallest absolute Gasteiger partial charge is 0.339 e. The monoisotopic (exact) mass is 343 g/mol. The van der Waals surface area contributed by atoms with Crippen molar-refractivity contribution in [2.24, 2.45) is 7.05 Å². The van der Waals surface area contributed by atoms with Gasteiger partial charge in [0.2, 0.25) is 0 Å². The molecule has 0 bridgehead atoms. The van der Waals surface area contributed by atoms with Gasteiger partial charge in [0.25, 0.3) is 5.91 Å². The van der Waals surface area contributed by atoms with Crippen LogP contribution in [0.4, 0.5) is 5.69 Å². The van der Waals surface area contributed by atoms with E-state index in [4.69, 9.17) is 9.84 Å². The van der Waals surface area contributed by atoms with E-state index in [2.05, 4.69) is 10.4 Å². The van der Waals surface area contributed by atoms with Gasteiger partial charge in [0.05, 0.1) is 18.9 Å². The Labute approximate surface area is 145 Å². The summed E-state index contributed by atoms with van der Waals surface area (Å²) in [4.78, 5) is 23.5. The number of aromatic carboxylic acids is 1. The van der Waals surface area contributed by atoms with Crippen LogP contribution < -0.4 is 5.32 Å². The molecular weight excluding hydrogens is 322 g/mol. The summed E-state index contributed by atoms with van der Waals surface area (Å²) in [5.41, 5.74) is 1.52. The van der Waals surface area contributed by atoms with Crippen molar-refractivity contribution in [3.63, 3.8) is 0 Å². The summed E-state index contributed by atoms with van der Waals surface area (Å²) in [7, 11) is 1.53. The number of carboxylic acid groups (broad SMARTS) is 1. The minimum absolute atomic E-state index is 0.0149. The fourth-order valence-electron chi connectivity index (χ4n) is 3.01. The number of hydrogen-bond acceptors (Lipinski definition) is 4. The second kappa shape index (κ2) is 7.48. The lowest BCUT2D eigenvalue weighted by Gasteiger charge is -2.11. The van der Waals surface area contributed by atoms with E-state index in [1.165, 1.54) is 30.8 Å². The van der Waals surface area contributed by atoms with Crippen LogP contribution in [0, 0.1) is 0 Å². The number of aromatic nitrogens is 2. The zero-order valence-corrected chi connectivity index (χ0v) is 14.1. The first-order valence-electron chi connectivity index (χ1n) is 8.32. The summed E-state index contributed by atoms with van der Waals surface area (Å²) in [6.07, 6.45) is 6.26. The van der Waals surface area contributed by atoms with Crippen molar-refractivity contribution in [1.82, 2.24) is 9.78 Å². The average Bonchev–Trinajstić information content (AvgIpc) is 3.23. The molecule has 1 aliphatic rings. The number of carbonyl (C=O) groups excluding carboxylic acids is 1. The van der Waals surface area contributed by atoms with Crippen molar-refractivity contribution in [2.45, 2.75) is 38.4 Å². The molecule has 1 fully saturated rings. The van der Waals surface area contributed by atoms with Crippen molar-refractivity contribution >= 4 is 17.6 Å². The van der Waals surface area contributed by atoms with E-state index in [1.807, 2.05) is 12.1 Å². The third-order valence-electron chi connectivity index (χ3n) is 4.38. The van der Waals surface area contributed by atoms with Gasteiger partial charge < -0.3 is 15.2 Å². The third-order valence-corrected chi connectivity index (χ3v) is 4.38. The Hall–Kier alpha value is -2.67. The van der Waals surface area contributed by atoms with Crippen LogP contribution in [0.2, 0.25) is 0 Å². The number of rotatable bonds is 6. The van der Waals surface area contributed by atoms with Crippen LogP contribution in [0.1, 0.15) is 52.1 Å². The first-order chi connectivity index (χ1) is 12.0. The summed E-state index contributed by atoms with van der Waals surface area (Å²) < 4.78 is 7.12. The molecule has 1 amide bonds. The first kappa shape index (κ1) is 17.2. The van der Waals surface area contributed by atoms with E-state index < -0.39 is 11.9 Å². The van der Waals surface area contributed by atoms with Gasteiger partial charge in [-0.2, -0.15) is 5.10 Å². The fourth-order valence-corrected chi connectivity index (χ4v) is 3.01. The van der Waals surface area contributed by atoms with Crippen LogP contribution in [-0.2, 0) is 18.4 Å². The second-order valence-electron chi connectivity index (χ2n) is 6.20. The van der Waals surface area contributed by atoms with Crippen LogP contribution in [0.5, 0.6) is 0 Å². The lowest BCUT2D eigenvalue weighted by molar-refractivity contribution is 0.0457. The minimum atomic E-state index is -1.18. The van der Waals surface area contributed by atoms with E-state index >= 15 is 0 Å². The number of nitrogens with one attached hydrogen (secondary N) is 1. The summed E-state index contributed by atoms with van der Waals surface area (Å²) in [6.45, 7) is 0.559. The van der Waals surface area contributed by atoms with Crippen LogP contribution >= 0.6 is 0 Å². The number of hydrogen-bond donors (Lipinski definition) is 2. The van der Waals surface area contributed by atoms with E-state index in [0.717, 1.165) is 18.4 Å². The highest BCUT2D eigenvalue weighted by atomic mass is 16.5. The van der Waals surface area contributed by atoms with E-state index in [-0.39, 0.29) is 11.3 Å². The lowest BCUT2D eigenvalue weighted by Crippen LogP contribution is -2.19. The van der Waals surface area contributed by atoms with Gasteiger partial charge in [-0.25, -0.2) is 4.79 Å². The van der Waals surface area contributed by atoms with Crippen LogP contribution in [0.3, 0.4) is 0 Å². The third kappa shape index (κ3) is 4.06. The van der Waals surface area contributed by atoms with Gasteiger partial charge in [-0.1, -0.05) is 25.0 Å². The molecule has 0 saturated heterocycles. The molecule has 1 saturated carbocycles. The summed E-state index contributed by atoms with van der Waals surface area (Å²) in [5, 5.41) is 15.7. The second-order valence-corrected chi connectivity index (χ2v) is 6.20. The van der Waals surface area contributed by atoms with Gasteiger partial charge in [0.15, 0.2) is 0 Å². The Kier molecular flexibility index (Phi) is 5.14. The Morgan fingerprint density at radius 2 is 1.96 bits per heavy atom. The number of aryl methyl sites for hydroxylation is 1. The summed E-state index contributed by atoms with van der Waals surface area (Å²) in [6, 6.07) is 7.35. The molecule has 1 aromatic heterocycles. The number of anilines is 1. The molecule has 1 heterocycles. The SMILES string of the molecule is Cn1ncc(C(=O)O)c1C(=O)Nc1ccc(COC2CCCC2)cc1. The zero-order chi connectivity index (χ0) is 17.8. The zero-order valence-electron chi connectivity index (χ0n) is 14.1. The van der Waals surface area contributed by atoms with Gasteiger partial charge in [-0.15, -0.1) is 0 Å². The molecule has 0 spiro atoms. The van der Waals surface area contributed by atoms with Crippen LogP contribution in [0.15, 0.2) is 30.5 Å². The maximum absolute atomic E-state index is 12.3. The van der Waals surface area contributed by atoms with E-state index in [9.17, 15) is 9.59 Å². The highest BCUT2D eigenvalue weighted by Gasteiger charge is 2.21. The van der Waals surface area contributed by atoms with Gasteiger partial charge in [0, 0.05) is 12.7 Å². The lowest BCUT2D eigenvalue weighted by atomic mass is 10.2. The number of carbonyl (C=O) groups is 2. The van der Waals surface area contributed by atoms with Gasteiger partial charge in [-0.05, 0) is 30.5 Å². The summed E-state index contributed by atoms with van der Waals surface area (Å²) in [5.74, 6) is -1.69. The average molecular weight is 343 g/mol. The molecule has 132 valence electrons. The Balaban J connectivity index is 1.62. The number of nitrogens with zero attached hydrogens (tertiary/aromatic N) is 2. The largest absolute Gasteiger partial charge is 0.478 e. The number of benzene rings is 1. The van der Waals surface area contributed by atoms with Crippen molar-refractivity contribution in [3.8, 4) is 0 Å². The van der Waals surface area contributed by atoms with Crippen molar-refractivity contribution in [3.05, 3.63) is 47.3 Å². The Morgan fingerprint density at radius 3 is 2.60 bits per heavy atom. The molecular formula is C18H21N3O4. The standard InChI is InChI=1S/C18H21N3O4/c1-21-16(15(10-19-21)18(23)24)17(22)20-13-8-6-12(7-9-13)11-25-14-4-2-3-5-14/h6-10,14H,2-5,11H2,1H3,(H,20,22)(H,23,24). The van der Waals surface area contributed by atoms with E-state index in [1.54, 1.807) is 12.1 Å². The van der Waals surface area contributed by atoms with Crippen molar-refractivity contribution in [2.75, 3.05) is 5.32 Å². The van der Waals surface area contributed by atoms with Gasteiger partial charge in [0.1, 0.15) is 11.3 Å². The molecule has 2 aromatic rings. The minimum Gasteiger partial charge on any atom is -0.478 e. The highest BCUT2D eigenvalue weighted by Crippen LogP contribution is 2.22. The Morgan fingerprint density at radius 1 is 1.28 bits per heavy atom. The van der Waals surface area contributed by atoms with Gasteiger partial charge in [-0.3, -0.25) is 9.48 Å². The highest BCUT2D eigenvalue weighted by molar-refractivity contribution is 6.09. The fraction of sp³-hybridized carbons (Fsp3) is 0.389. The maximum Gasteiger partial charge on any atom is 0.339 e. The molecule has 1 aromatic carbocycles. The van der Waals surface area contributed by atoms with Crippen LogP contribution in [0.25, 0.3) is 0 Å². The molecule has 0 atom stereocenters. The Bertz CT molecular complexity index is 761. The van der Waals surface area contributed by atoms with Crippen molar-refractivity contribution in [1.29, 1.82) is 0 Å². The molecule has 0 aliphatic heterocycles. The first-order valence-corrected chi connectivity index (χ1v) is 8.32. The number of amides is 1. The molecule has 7 nitrogen and oxygen atoms in total. The summed E-state index contributed by atoms with van der Waals surface area (Å²) >= 11 is 0. The quantitative estimate of drug-likeness (QED) is 0.841. The number of carboxylic acids is 1. The maximum atomic E-state index is 12.3. The normalized spacial score (nSPS) is 14.6. The molecule has 7 heteroatoms. The molecule has 2 N–H and O–H groups in total. The predicted molar refractivity (Wildman–Crippen MR) is 91.6 cm³/mol. The van der Waals surface area contributed by atoms with E-state index in [0.29, 0.717) is 18.4 Å². The number of ether oxygens (including phenoxy) is 1. The molecule has 1 aliphatic carbocycles. The molecule has 25 heavy (non-hydrogen) atoms. The van der Waals surface area contributed by atoms with Gasteiger partial charge >= 0.3 is 5.97 Å². The molecule has 0 radical (unpaired) electrons. The predicted octanol–water partition coefficient (Wildman–Crippen LogP) is 2.83. The van der Waals surface area contributed by atoms with Crippen LogP contribution in [-0.4, -0.2) is 32.9 Å². The molecule has 3 rings (SSSR count). The topological polar surface area (TPSA) is 93.5 Å².